The molecule has 0 saturated heterocycles. The fourth-order valence-corrected chi connectivity index (χ4v) is 3.05. The van der Waals surface area contributed by atoms with E-state index in [1.807, 2.05) is 28.8 Å². The maximum absolute atomic E-state index is 4.23. The summed E-state index contributed by atoms with van der Waals surface area (Å²) in [4.78, 5) is 0. The molecule has 0 aliphatic carbocycles. The lowest BCUT2D eigenvalue weighted by molar-refractivity contribution is 0.443. The Morgan fingerprint density at radius 3 is 2.89 bits per heavy atom. The fraction of sp³-hybridized carbons (Fsp3) is 0.538. The molecule has 0 radical (unpaired) electrons. The van der Waals surface area contributed by atoms with Gasteiger partial charge in [-0.2, -0.15) is 0 Å². The molecule has 1 unspecified atom stereocenters. The van der Waals surface area contributed by atoms with Crippen molar-refractivity contribution in [1.29, 1.82) is 0 Å². The van der Waals surface area contributed by atoms with Crippen molar-refractivity contribution in [2.24, 2.45) is 5.92 Å². The van der Waals surface area contributed by atoms with E-state index in [1.165, 1.54) is 0 Å². The van der Waals surface area contributed by atoms with Gasteiger partial charge in [0.25, 0.3) is 0 Å². The number of thioether (sulfide) groups is 1. The second-order valence-electron chi connectivity index (χ2n) is 4.63. The van der Waals surface area contributed by atoms with Crippen LogP contribution >= 0.6 is 11.8 Å². The molecule has 0 aliphatic heterocycles. The third-order valence-corrected chi connectivity index (χ3v) is 4.01. The standard InChI is InChI=1S/C13H20N4S/c1-4-14-11(10(2)3)9-18-13-16-15-12-7-5-6-8-17(12)13/h5-8,10-11,14H,4,9H2,1-3H3. The van der Waals surface area contributed by atoms with Crippen LogP contribution in [0.1, 0.15) is 20.8 Å². The van der Waals surface area contributed by atoms with E-state index in [9.17, 15) is 0 Å². The molecule has 0 spiro atoms. The zero-order chi connectivity index (χ0) is 13.0. The Hall–Kier alpha value is -1.07. The molecule has 2 aromatic heterocycles. The van der Waals surface area contributed by atoms with Crippen LogP contribution in [-0.4, -0.2) is 32.9 Å². The van der Waals surface area contributed by atoms with E-state index in [2.05, 4.69) is 36.3 Å². The summed E-state index contributed by atoms with van der Waals surface area (Å²) in [6, 6.07) is 6.47. The first-order valence-corrected chi connectivity index (χ1v) is 7.37. The summed E-state index contributed by atoms with van der Waals surface area (Å²) in [5.41, 5.74) is 0.907. The van der Waals surface area contributed by atoms with Gasteiger partial charge in [-0.1, -0.05) is 38.6 Å². The molecule has 2 aromatic rings. The van der Waals surface area contributed by atoms with Gasteiger partial charge in [0.15, 0.2) is 10.8 Å². The number of hydrogen-bond donors (Lipinski definition) is 1. The van der Waals surface area contributed by atoms with Crippen molar-refractivity contribution < 1.29 is 0 Å². The third-order valence-electron chi connectivity index (χ3n) is 2.95. The number of pyridine rings is 1. The Labute approximate surface area is 112 Å². The number of aromatic nitrogens is 3. The molecule has 1 atom stereocenters. The predicted molar refractivity (Wildman–Crippen MR) is 76.0 cm³/mol. The van der Waals surface area contributed by atoms with Gasteiger partial charge in [-0.15, -0.1) is 10.2 Å². The lowest BCUT2D eigenvalue weighted by atomic mass is 10.1. The molecule has 5 heteroatoms. The fourth-order valence-electron chi connectivity index (χ4n) is 1.83. The minimum atomic E-state index is 0.510. The Balaban J connectivity index is 2.05. The van der Waals surface area contributed by atoms with Crippen molar-refractivity contribution in [2.45, 2.75) is 32.0 Å². The Bertz CT molecular complexity index is 494. The van der Waals surface area contributed by atoms with Gasteiger partial charge in [0, 0.05) is 18.0 Å². The number of hydrogen-bond acceptors (Lipinski definition) is 4. The van der Waals surface area contributed by atoms with Crippen LogP contribution in [0.25, 0.3) is 5.65 Å². The molecule has 0 saturated carbocycles. The largest absolute Gasteiger partial charge is 0.313 e. The molecule has 4 nitrogen and oxygen atoms in total. The number of nitrogens with one attached hydrogen (secondary N) is 1. The van der Waals surface area contributed by atoms with Gasteiger partial charge in [-0.05, 0) is 24.6 Å². The molecule has 0 aliphatic rings. The first-order chi connectivity index (χ1) is 8.72. The highest BCUT2D eigenvalue weighted by molar-refractivity contribution is 7.99. The first-order valence-electron chi connectivity index (χ1n) is 6.38. The van der Waals surface area contributed by atoms with E-state index < -0.39 is 0 Å². The van der Waals surface area contributed by atoms with Crippen molar-refractivity contribution in [3.63, 3.8) is 0 Å². The monoisotopic (exact) mass is 264 g/mol. The number of fused-ring (bicyclic) bond motifs is 1. The van der Waals surface area contributed by atoms with Crippen LogP contribution in [0.2, 0.25) is 0 Å². The lowest BCUT2D eigenvalue weighted by Crippen LogP contribution is -2.35. The first kappa shape index (κ1) is 13.4. The van der Waals surface area contributed by atoms with Gasteiger partial charge < -0.3 is 5.32 Å². The summed E-state index contributed by atoms with van der Waals surface area (Å²) in [6.07, 6.45) is 2.01. The maximum Gasteiger partial charge on any atom is 0.195 e. The van der Waals surface area contributed by atoms with Crippen molar-refractivity contribution in [1.82, 2.24) is 19.9 Å². The van der Waals surface area contributed by atoms with Crippen LogP contribution in [0.4, 0.5) is 0 Å². The van der Waals surface area contributed by atoms with Crippen LogP contribution in [-0.2, 0) is 0 Å². The normalized spacial score (nSPS) is 13.3. The summed E-state index contributed by atoms with van der Waals surface area (Å²) in [5, 5.41) is 12.9. The van der Waals surface area contributed by atoms with Crippen LogP contribution in [0, 0.1) is 5.92 Å². The van der Waals surface area contributed by atoms with Crippen LogP contribution in [0.5, 0.6) is 0 Å². The molecule has 0 aromatic carbocycles. The Kier molecular flexibility index (Phi) is 4.60. The number of nitrogens with zero attached hydrogens (tertiary/aromatic N) is 3. The highest BCUT2D eigenvalue weighted by atomic mass is 32.2. The van der Waals surface area contributed by atoms with Crippen LogP contribution in [0.3, 0.4) is 0 Å². The SMILES string of the molecule is CCNC(CSc1nnc2ccccn12)C(C)C. The molecule has 0 bridgehead atoms. The summed E-state index contributed by atoms with van der Waals surface area (Å²) in [5.74, 6) is 1.64. The summed E-state index contributed by atoms with van der Waals surface area (Å²) in [7, 11) is 0. The van der Waals surface area contributed by atoms with E-state index in [-0.39, 0.29) is 0 Å². The maximum atomic E-state index is 4.23. The molecular weight excluding hydrogens is 244 g/mol. The molecule has 1 N–H and O–H groups in total. The minimum Gasteiger partial charge on any atom is -0.313 e. The van der Waals surface area contributed by atoms with E-state index in [0.717, 1.165) is 23.1 Å². The second kappa shape index (κ2) is 6.20. The average Bonchev–Trinajstić information content (AvgIpc) is 2.77. The number of rotatable bonds is 6. The lowest BCUT2D eigenvalue weighted by Gasteiger charge is -2.20. The smallest absolute Gasteiger partial charge is 0.195 e. The van der Waals surface area contributed by atoms with Crippen molar-refractivity contribution >= 4 is 17.4 Å². The quantitative estimate of drug-likeness (QED) is 0.814. The summed E-state index contributed by atoms with van der Waals surface area (Å²) < 4.78 is 2.04. The third kappa shape index (κ3) is 3.03. The summed E-state index contributed by atoms with van der Waals surface area (Å²) >= 11 is 1.76. The van der Waals surface area contributed by atoms with E-state index in [4.69, 9.17) is 0 Å². The zero-order valence-corrected chi connectivity index (χ0v) is 11.9. The molecule has 98 valence electrons. The van der Waals surface area contributed by atoms with Gasteiger partial charge in [0.2, 0.25) is 0 Å². The van der Waals surface area contributed by atoms with Crippen molar-refractivity contribution in [3.8, 4) is 0 Å². The molecule has 2 rings (SSSR count). The minimum absolute atomic E-state index is 0.510. The van der Waals surface area contributed by atoms with E-state index in [1.54, 1.807) is 11.8 Å². The van der Waals surface area contributed by atoms with Crippen LogP contribution in [0.15, 0.2) is 29.6 Å². The topological polar surface area (TPSA) is 42.2 Å². The zero-order valence-electron chi connectivity index (χ0n) is 11.1. The molecule has 2 heterocycles. The molecule has 0 fully saturated rings. The highest BCUT2D eigenvalue weighted by Gasteiger charge is 2.14. The van der Waals surface area contributed by atoms with Gasteiger partial charge in [-0.25, -0.2) is 0 Å². The highest BCUT2D eigenvalue weighted by Crippen LogP contribution is 2.19. The van der Waals surface area contributed by atoms with Gasteiger partial charge in [-0.3, -0.25) is 4.40 Å². The van der Waals surface area contributed by atoms with Crippen molar-refractivity contribution in [2.75, 3.05) is 12.3 Å². The Morgan fingerprint density at radius 1 is 1.33 bits per heavy atom. The van der Waals surface area contributed by atoms with Gasteiger partial charge in [0.1, 0.15) is 0 Å². The van der Waals surface area contributed by atoms with Gasteiger partial charge >= 0.3 is 0 Å². The van der Waals surface area contributed by atoms with E-state index >= 15 is 0 Å². The van der Waals surface area contributed by atoms with Crippen LogP contribution < -0.4 is 5.32 Å². The molecule has 18 heavy (non-hydrogen) atoms. The Morgan fingerprint density at radius 2 is 2.17 bits per heavy atom. The molecular formula is C13H20N4S. The predicted octanol–water partition coefficient (Wildman–Crippen LogP) is 2.46. The summed E-state index contributed by atoms with van der Waals surface area (Å²) in [6.45, 7) is 7.64. The second-order valence-corrected chi connectivity index (χ2v) is 5.62. The van der Waals surface area contributed by atoms with E-state index in [0.29, 0.717) is 12.0 Å². The van der Waals surface area contributed by atoms with Crippen molar-refractivity contribution in [3.05, 3.63) is 24.4 Å². The molecule has 0 amide bonds. The average molecular weight is 264 g/mol. The van der Waals surface area contributed by atoms with Gasteiger partial charge in [0.05, 0.1) is 0 Å².